The van der Waals surface area contributed by atoms with Crippen LogP contribution < -0.4 is 11.1 Å². The number of rotatable bonds is 3. The molecule has 2 rings (SSSR count). The molecule has 3 heteroatoms. The topological polar surface area (TPSA) is 38.0 Å². The maximum absolute atomic E-state index is 5.95. The third kappa shape index (κ3) is 2.44. The second-order valence-electron chi connectivity index (χ2n) is 4.33. The third-order valence-electron chi connectivity index (χ3n) is 3.19. The average Bonchev–Trinajstić information content (AvgIpc) is 2.67. The fourth-order valence-corrected chi connectivity index (χ4v) is 2.49. The van der Waals surface area contributed by atoms with E-state index in [9.17, 15) is 0 Å². The van der Waals surface area contributed by atoms with Crippen LogP contribution in [0.25, 0.3) is 0 Å². The lowest BCUT2D eigenvalue weighted by atomic mass is 9.97. The number of hydrogen-bond donors (Lipinski definition) is 2. The fourth-order valence-electron chi connectivity index (χ4n) is 2.30. The molecule has 1 aliphatic carbocycles. The lowest BCUT2D eigenvalue weighted by Gasteiger charge is -2.30. The normalized spacial score (nSPS) is 19.1. The summed E-state index contributed by atoms with van der Waals surface area (Å²) in [4.78, 5) is 0. The van der Waals surface area contributed by atoms with Gasteiger partial charge in [0.05, 0.1) is 0 Å². The molecule has 0 spiro atoms. The van der Waals surface area contributed by atoms with Gasteiger partial charge in [-0.05, 0) is 31.0 Å². The standard InChI is InChI=1S/C12H17ClN2/c13-10-4-3-5-11(8-10)15-12(9-14)6-1-2-7-12/h3-5,8,15H,1-2,6-7,9,14H2. The van der Waals surface area contributed by atoms with Crippen LogP contribution in [0, 0.1) is 0 Å². The number of nitrogens with two attached hydrogens (primary N) is 1. The van der Waals surface area contributed by atoms with Gasteiger partial charge in [0.25, 0.3) is 0 Å². The Kier molecular flexibility index (Phi) is 3.17. The van der Waals surface area contributed by atoms with E-state index >= 15 is 0 Å². The maximum atomic E-state index is 5.95. The van der Waals surface area contributed by atoms with Gasteiger partial charge in [-0.3, -0.25) is 0 Å². The average molecular weight is 225 g/mol. The molecule has 0 aliphatic heterocycles. The summed E-state index contributed by atoms with van der Waals surface area (Å²) in [5, 5.41) is 4.30. The zero-order valence-corrected chi connectivity index (χ0v) is 9.56. The summed E-state index contributed by atoms with van der Waals surface area (Å²) in [6, 6.07) is 7.85. The Morgan fingerprint density at radius 1 is 1.33 bits per heavy atom. The van der Waals surface area contributed by atoms with Gasteiger partial charge < -0.3 is 11.1 Å². The van der Waals surface area contributed by atoms with E-state index in [1.165, 1.54) is 12.8 Å². The van der Waals surface area contributed by atoms with E-state index in [0.29, 0.717) is 6.54 Å². The summed E-state index contributed by atoms with van der Waals surface area (Å²) in [5.74, 6) is 0. The Labute approximate surface area is 95.8 Å². The predicted octanol–water partition coefficient (Wildman–Crippen LogP) is 3.02. The molecule has 0 atom stereocenters. The quantitative estimate of drug-likeness (QED) is 0.829. The highest BCUT2D eigenvalue weighted by atomic mass is 35.5. The molecule has 0 radical (unpaired) electrons. The monoisotopic (exact) mass is 224 g/mol. The first kappa shape index (κ1) is 10.8. The summed E-state index contributed by atoms with van der Waals surface area (Å²) in [6.07, 6.45) is 4.86. The van der Waals surface area contributed by atoms with Crippen molar-refractivity contribution in [3.8, 4) is 0 Å². The highest BCUT2D eigenvalue weighted by molar-refractivity contribution is 6.30. The van der Waals surface area contributed by atoms with Crippen molar-refractivity contribution in [3.63, 3.8) is 0 Å². The second kappa shape index (κ2) is 4.42. The van der Waals surface area contributed by atoms with Crippen LogP contribution in [0.3, 0.4) is 0 Å². The summed E-state index contributed by atoms with van der Waals surface area (Å²) in [6.45, 7) is 0.694. The van der Waals surface area contributed by atoms with Gasteiger partial charge in [0, 0.05) is 22.8 Å². The van der Waals surface area contributed by atoms with Crippen LogP contribution in [0.1, 0.15) is 25.7 Å². The molecular formula is C12H17ClN2. The molecule has 15 heavy (non-hydrogen) atoms. The smallest absolute Gasteiger partial charge is 0.0495 e. The number of halogens is 1. The second-order valence-corrected chi connectivity index (χ2v) is 4.76. The number of nitrogens with one attached hydrogen (secondary N) is 1. The molecule has 1 aromatic rings. The van der Waals surface area contributed by atoms with Gasteiger partial charge in [0.2, 0.25) is 0 Å². The van der Waals surface area contributed by atoms with E-state index in [2.05, 4.69) is 5.32 Å². The van der Waals surface area contributed by atoms with E-state index in [4.69, 9.17) is 17.3 Å². The highest BCUT2D eigenvalue weighted by Gasteiger charge is 2.31. The zero-order valence-electron chi connectivity index (χ0n) is 8.80. The number of anilines is 1. The third-order valence-corrected chi connectivity index (χ3v) is 3.42. The molecule has 1 aromatic carbocycles. The van der Waals surface area contributed by atoms with Crippen molar-refractivity contribution < 1.29 is 0 Å². The molecule has 0 saturated heterocycles. The van der Waals surface area contributed by atoms with Crippen LogP contribution in [-0.4, -0.2) is 12.1 Å². The summed E-state index contributed by atoms with van der Waals surface area (Å²) < 4.78 is 0. The van der Waals surface area contributed by atoms with E-state index in [0.717, 1.165) is 23.6 Å². The molecule has 3 N–H and O–H groups in total. The zero-order chi connectivity index (χ0) is 10.7. The van der Waals surface area contributed by atoms with Crippen LogP contribution in [0.4, 0.5) is 5.69 Å². The Morgan fingerprint density at radius 3 is 2.67 bits per heavy atom. The van der Waals surface area contributed by atoms with Crippen LogP contribution in [0.2, 0.25) is 5.02 Å². The fraction of sp³-hybridized carbons (Fsp3) is 0.500. The molecule has 0 aromatic heterocycles. The van der Waals surface area contributed by atoms with Gasteiger partial charge in [0.15, 0.2) is 0 Å². The van der Waals surface area contributed by atoms with E-state index in [-0.39, 0.29) is 5.54 Å². The highest BCUT2D eigenvalue weighted by Crippen LogP contribution is 2.32. The molecule has 0 amide bonds. The summed E-state index contributed by atoms with van der Waals surface area (Å²) in [5.41, 5.74) is 7.04. The van der Waals surface area contributed by atoms with Crippen molar-refractivity contribution >= 4 is 17.3 Å². The summed E-state index contributed by atoms with van der Waals surface area (Å²) >= 11 is 5.95. The van der Waals surface area contributed by atoms with Crippen molar-refractivity contribution in [2.45, 2.75) is 31.2 Å². The number of hydrogen-bond acceptors (Lipinski definition) is 2. The minimum atomic E-state index is 0.102. The maximum Gasteiger partial charge on any atom is 0.0495 e. The molecule has 2 nitrogen and oxygen atoms in total. The molecule has 0 unspecified atom stereocenters. The first-order valence-electron chi connectivity index (χ1n) is 5.48. The molecule has 1 fully saturated rings. The van der Waals surface area contributed by atoms with Crippen LogP contribution in [0.15, 0.2) is 24.3 Å². The molecule has 82 valence electrons. The van der Waals surface area contributed by atoms with Crippen LogP contribution in [-0.2, 0) is 0 Å². The predicted molar refractivity (Wildman–Crippen MR) is 65.3 cm³/mol. The first-order valence-corrected chi connectivity index (χ1v) is 5.86. The Hall–Kier alpha value is -0.730. The van der Waals surface area contributed by atoms with Gasteiger partial charge in [-0.1, -0.05) is 30.5 Å². The van der Waals surface area contributed by atoms with E-state index in [1.54, 1.807) is 0 Å². The lowest BCUT2D eigenvalue weighted by Crippen LogP contribution is -2.42. The lowest BCUT2D eigenvalue weighted by molar-refractivity contribution is 0.493. The minimum Gasteiger partial charge on any atom is -0.378 e. The molecular weight excluding hydrogens is 208 g/mol. The molecule has 0 bridgehead atoms. The van der Waals surface area contributed by atoms with Crippen molar-refractivity contribution in [3.05, 3.63) is 29.3 Å². The molecule has 1 saturated carbocycles. The van der Waals surface area contributed by atoms with Crippen LogP contribution in [0.5, 0.6) is 0 Å². The Balaban J connectivity index is 2.12. The largest absolute Gasteiger partial charge is 0.378 e. The van der Waals surface area contributed by atoms with Crippen molar-refractivity contribution in [2.24, 2.45) is 5.73 Å². The van der Waals surface area contributed by atoms with Crippen molar-refractivity contribution in [1.29, 1.82) is 0 Å². The van der Waals surface area contributed by atoms with E-state index < -0.39 is 0 Å². The molecule has 0 heterocycles. The van der Waals surface area contributed by atoms with Crippen LogP contribution >= 0.6 is 11.6 Å². The van der Waals surface area contributed by atoms with Gasteiger partial charge in [0.1, 0.15) is 0 Å². The Bertz CT molecular complexity index is 332. The Morgan fingerprint density at radius 2 is 2.07 bits per heavy atom. The van der Waals surface area contributed by atoms with Crippen molar-refractivity contribution in [2.75, 3.05) is 11.9 Å². The van der Waals surface area contributed by atoms with Gasteiger partial charge in [-0.2, -0.15) is 0 Å². The van der Waals surface area contributed by atoms with Crippen molar-refractivity contribution in [1.82, 2.24) is 0 Å². The van der Waals surface area contributed by atoms with E-state index in [1.807, 2.05) is 24.3 Å². The number of benzene rings is 1. The van der Waals surface area contributed by atoms with Gasteiger partial charge in [-0.15, -0.1) is 0 Å². The first-order chi connectivity index (χ1) is 7.24. The minimum absolute atomic E-state index is 0.102. The van der Waals surface area contributed by atoms with Gasteiger partial charge in [-0.25, -0.2) is 0 Å². The SMILES string of the molecule is NCC1(Nc2cccc(Cl)c2)CCCC1. The summed E-state index contributed by atoms with van der Waals surface area (Å²) in [7, 11) is 0. The van der Waals surface area contributed by atoms with Gasteiger partial charge >= 0.3 is 0 Å². The molecule has 1 aliphatic rings.